The van der Waals surface area contributed by atoms with E-state index in [2.05, 4.69) is 86.8 Å². The summed E-state index contributed by atoms with van der Waals surface area (Å²) < 4.78 is 17.3. The van der Waals surface area contributed by atoms with E-state index < -0.39 is 18.1 Å². The summed E-state index contributed by atoms with van der Waals surface area (Å²) in [6.07, 6.45) is 63.8. The van der Waals surface area contributed by atoms with Gasteiger partial charge in [-0.2, -0.15) is 0 Å². The van der Waals surface area contributed by atoms with Crippen LogP contribution in [-0.2, 0) is 28.6 Å². The van der Waals surface area contributed by atoms with E-state index in [9.17, 15) is 19.5 Å². The van der Waals surface area contributed by atoms with Crippen LogP contribution in [-0.4, -0.2) is 80.6 Å². The molecule has 0 heterocycles. The number of carbonyl (C=O) groups excluding carboxylic acids is 2. The largest absolute Gasteiger partial charge is 0.477 e. The van der Waals surface area contributed by atoms with E-state index in [1.54, 1.807) is 0 Å². The molecule has 0 aromatic heterocycles. The fourth-order valence-corrected chi connectivity index (χ4v) is 7.47. The van der Waals surface area contributed by atoms with E-state index in [1.807, 2.05) is 33.3 Å². The van der Waals surface area contributed by atoms with Crippen LogP contribution in [0.5, 0.6) is 0 Å². The van der Waals surface area contributed by atoms with Crippen LogP contribution < -0.4 is 0 Å². The monoisotopic (exact) mass is 923 g/mol. The third-order valence-corrected chi connectivity index (χ3v) is 11.5. The van der Waals surface area contributed by atoms with Crippen LogP contribution in [0.4, 0.5) is 0 Å². The van der Waals surface area contributed by atoms with Crippen molar-refractivity contribution in [2.75, 3.05) is 41.0 Å². The highest BCUT2D eigenvalue weighted by molar-refractivity contribution is 5.72. The van der Waals surface area contributed by atoms with Crippen LogP contribution in [0.2, 0.25) is 0 Å². The van der Waals surface area contributed by atoms with Gasteiger partial charge in [-0.05, 0) is 77.0 Å². The van der Waals surface area contributed by atoms with E-state index in [1.165, 1.54) is 116 Å². The molecule has 66 heavy (non-hydrogen) atoms. The number of carboxylic acid groups (broad SMARTS) is 1. The highest BCUT2D eigenvalue weighted by atomic mass is 16.6. The fourth-order valence-electron chi connectivity index (χ4n) is 7.47. The number of aliphatic carboxylic acids is 1. The topological polar surface area (TPSA) is 99.1 Å². The summed E-state index contributed by atoms with van der Waals surface area (Å²) in [4.78, 5) is 37.2. The summed E-state index contributed by atoms with van der Waals surface area (Å²) in [7, 11) is 5.50. The number of hydrogen-bond donors (Lipinski definition) is 1. The van der Waals surface area contributed by atoms with Crippen molar-refractivity contribution in [2.24, 2.45) is 0 Å². The summed E-state index contributed by atoms with van der Waals surface area (Å²) in [6.45, 7) is 4.55. The molecule has 2 atom stereocenters. The average molecular weight is 923 g/mol. The van der Waals surface area contributed by atoms with Gasteiger partial charge in [0, 0.05) is 19.3 Å². The van der Waals surface area contributed by atoms with Crippen molar-refractivity contribution in [1.82, 2.24) is 0 Å². The first-order valence-electron chi connectivity index (χ1n) is 26.6. The molecule has 0 aliphatic carbocycles. The number of carbonyl (C=O) groups is 3. The smallest absolute Gasteiger partial charge is 0.362 e. The van der Waals surface area contributed by atoms with E-state index in [4.69, 9.17) is 14.2 Å². The number of nitrogens with zero attached hydrogens (tertiary/aromatic N) is 1. The lowest BCUT2D eigenvalue weighted by atomic mass is 10.0. The zero-order valence-corrected chi connectivity index (χ0v) is 43.1. The SMILES string of the molecule is CC/C=C/C/C=C/C/C=C/C/C=C/C/C=C/C/C=C/CCC(=O)OC(COCCC(C(=O)O)[N+](C)(C)C)COC(=O)CCCCCCCCC/C=C/CCCCCCCCCCCCCC. The molecule has 0 spiro atoms. The first-order chi connectivity index (χ1) is 32.1. The third-order valence-electron chi connectivity index (χ3n) is 11.5. The van der Waals surface area contributed by atoms with Crippen molar-refractivity contribution < 1.29 is 38.2 Å². The number of rotatable bonds is 47. The molecule has 0 aliphatic heterocycles. The Bertz CT molecular complexity index is 1350. The van der Waals surface area contributed by atoms with Gasteiger partial charge in [0.2, 0.25) is 0 Å². The maximum absolute atomic E-state index is 12.8. The van der Waals surface area contributed by atoms with Gasteiger partial charge in [-0.25, -0.2) is 4.79 Å². The van der Waals surface area contributed by atoms with Crippen LogP contribution in [0.25, 0.3) is 0 Å². The van der Waals surface area contributed by atoms with Crippen LogP contribution in [0.1, 0.15) is 213 Å². The molecule has 0 saturated heterocycles. The minimum atomic E-state index is -0.889. The van der Waals surface area contributed by atoms with Crippen molar-refractivity contribution in [3.8, 4) is 0 Å². The Morgan fingerprint density at radius 1 is 0.470 bits per heavy atom. The van der Waals surface area contributed by atoms with Gasteiger partial charge in [0.15, 0.2) is 12.1 Å². The normalized spacial score (nSPS) is 13.5. The second-order valence-corrected chi connectivity index (χ2v) is 18.7. The highest BCUT2D eigenvalue weighted by Crippen LogP contribution is 2.15. The van der Waals surface area contributed by atoms with E-state index >= 15 is 0 Å². The molecule has 0 aliphatic rings. The minimum absolute atomic E-state index is 0.0254. The Labute approximate surface area is 405 Å². The first-order valence-corrected chi connectivity index (χ1v) is 26.6. The molecule has 2 unspecified atom stereocenters. The van der Waals surface area contributed by atoms with Crippen LogP contribution in [0.15, 0.2) is 85.1 Å². The Hall–Kier alpha value is -3.49. The van der Waals surface area contributed by atoms with Gasteiger partial charge >= 0.3 is 17.9 Å². The lowest BCUT2D eigenvalue weighted by Crippen LogP contribution is -2.50. The van der Waals surface area contributed by atoms with Crippen molar-refractivity contribution in [2.45, 2.75) is 225 Å². The molecule has 378 valence electrons. The number of carboxylic acids is 1. The summed E-state index contributed by atoms with van der Waals surface area (Å²) in [5, 5.41) is 9.66. The van der Waals surface area contributed by atoms with Crippen molar-refractivity contribution in [3.63, 3.8) is 0 Å². The Kier molecular flexibility index (Phi) is 45.4. The number of ether oxygens (including phenoxy) is 3. The number of likely N-dealkylation sites (N-methyl/N-ethyl adjacent to an activating group) is 1. The van der Waals surface area contributed by atoms with Gasteiger partial charge in [0.25, 0.3) is 0 Å². The second kappa shape index (κ2) is 48.0. The van der Waals surface area contributed by atoms with Gasteiger partial charge in [-0.15, -0.1) is 0 Å². The number of hydrogen-bond acceptors (Lipinski definition) is 6. The molecule has 0 aromatic carbocycles. The number of allylic oxidation sites excluding steroid dienone is 14. The van der Waals surface area contributed by atoms with Gasteiger partial charge in [0.05, 0.1) is 34.4 Å². The molecule has 0 saturated carbocycles. The van der Waals surface area contributed by atoms with Crippen LogP contribution >= 0.6 is 0 Å². The first kappa shape index (κ1) is 62.5. The maximum atomic E-state index is 12.8. The summed E-state index contributed by atoms with van der Waals surface area (Å²) in [5.41, 5.74) is 0. The number of quaternary nitrogens is 1. The zero-order chi connectivity index (χ0) is 48.4. The summed E-state index contributed by atoms with van der Waals surface area (Å²) in [5.74, 6) is -1.58. The minimum Gasteiger partial charge on any atom is -0.477 e. The fraction of sp³-hybridized carbons (Fsp3) is 0.707. The number of unbranched alkanes of at least 4 members (excludes halogenated alkanes) is 19. The van der Waals surface area contributed by atoms with E-state index in [0.29, 0.717) is 19.3 Å². The van der Waals surface area contributed by atoms with Crippen LogP contribution in [0, 0.1) is 0 Å². The molecular formula is C58H100NO7+. The molecule has 1 N–H and O–H groups in total. The summed E-state index contributed by atoms with van der Waals surface area (Å²) >= 11 is 0. The van der Waals surface area contributed by atoms with Crippen LogP contribution in [0.3, 0.4) is 0 Å². The third kappa shape index (κ3) is 45.7. The van der Waals surface area contributed by atoms with Gasteiger partial charge < -0.3 is 23.8 Å². The lowest BCUT2D eigenvalue weighted by molar-refractivity contribution is -0.887. The molecule has 0 fully saturated rings. The molecule has 8 nitrogen and oxygen atoms in total. The molecular weight excluding hydrogens is 823 g/mol. The molecule has 0 bridgehead atoms. The van der Waals surface area contributed by atoms with Gasteiger partial charge in [0.1, 0.15) is 6.61 Å². The molecule has 0 amide bonds. The van der Waals surface area contributed by atoms with Crippen molar-refractivity contribution in [1.29, 1.82) is 0 Å². The van der Waals surface area contributed by atoms with E-state index in [-0.39, 0.29) is 42.7 Å². The van der Waals surface area contributed by atoms with Gasteiger partial charge in [-0.1, -0.05) is 202 Å². The Balaban J connectivity index is 4.32. The zero-order valence-electron chi connectivity index (χ0n) is 43.1. The lowest BCUT2D eigenvalue weighted by Gasteiger charge is -2.31. The molecule has 0 rings (SSSR count). The molecule has 0 aromatic rings. The van der Waals surface area contributed by atoms with E-state index in [0.717, 1.165) is 57.8 Å². The number of esters is 2. The molecule has 8 heteroatoms. The Morgan fingerprint density at radius 2 is 0.879 bits per heavy atom. The summed E-state index contributed by atoms with van der Waals surface area (Å²) in [6, 6.07) is -0.633. The predicted octanol–water partition coefficient (Wildman–Crippen LogP) is 15.6. The maximum Gasteiger partial charge on any atom is 0.362 e. The Morgan fingerprint density at radius 3 is 1.32 bits per heavy atom. The molecule has 0 radical (unpaired) electrons. The average Bonchev–Trinajstić information content (AvgIpc) is 3.28. The predicted molar refractivity (Wildman–Crippen MR) is 280 cm³/mol. The highest BCUT2D eigenvalue weighted by Gasteiger charge is 2.31. The second-order valence-electron chi connectivity index (χ2n) is 18.7. The van der Waals surface area contributed by atoms with Crippen molar-refractivity contribution >= 4 is 17.9 Å². The van der Waals surface area contributed by atoms with Gasteiger partial charge in [-0.3, -0.25) is 9.59 Å². The van der Waals surface area contributed by atoms with Crippen molar-refractivity contribution in [3.05, 3.63) is 85.1 Å². The quantitative estimate of drug-likeness (QED) is 0.0281. The standard InChI is InChI=1S/C58H99NO7/c1-6-8-10-12-14-16-18-20-22-24-26-27-28-29-31-32-34-36-38-40-42-44-46-48-56(60)65-53-54(52-64-51-50-55(58(62)63)59(3,4)5)66-57(61)49-47-45-43-41-39-37-35-33-30-25-23-21-19-17-15-13-11-9-7-2/h9,11,15,17,21,23,29-31,33,37,39,43,45,54-55H,6-8,10,12-14,16,18-20,22,24-28,32,34-36,38,40-42,44,46-53H2,1-5H3/p+1/b11-9+,17-15+,23-21+,31-29+,33-30+,39-37+,45-43+.